The molecule has 0 bridgehead atoms. The Hall–Kier alpha value is -2.04. The second-order valence-corrected chi connectivity index (χ2v) is 4.59. The molecule has 0 spiro atoms. The molecule has 0 radical (unpaired) electrons. The third-order valence-corrected chi connectivity index (χ3v) is 3.15. The molecule has 1 amide bonds. The standard InChI is InChI=1S/C14H19NO4/c1-4-10(3)15(8-13(17)18)14(19)11-6-5-9(2)12(16)7-11/h5-7,10,16H,4,8H2,1-3H3,(H,17,18). The Morgan fingerprint density at radius 1 is 1.37 bits per heavy atom. The molecule has 1 aromatic carbocycles. The van der Waals surface area contributed by atoms with Gasteiger partial charge in [0.15, 0.2) is 0 Å². The SMILES string of the molecule is CCC(C)N(CC(=O)O)C(=O)c1ccc(C)c(O)c1. The molecular formula is C14H19NO4. The van der Waals surface area contributed by atoms with E-state index in [1.807, 2.05) is 6.92 Å². The van der Waals surface area contributed by atoms with Gasteiger partial charge in [-0.2, -0.15) is 0 Å². The number of hydrogen-bond acceptors (Lipinski definition) is 3. The van der Waals surface area contributed by atoms with Crippen LogP contribution in [0.2, 0.25) is 0 Å². The molecule has 2 N–H and O–H groups in total. The van der Waals surface area contributed by atoms with Crippen LogP contribution in [-0.4, -0.2) is 39.6 Å². The van der Waals surface area contributed by atoms with E-state index in [2.05, 4.69) is 0 Å². The van der Waals surface area contributed by atoms with Gasteiger partial charge in [0.25, 0.3) is 5.91 Å². The second kappa shape index (κ2) is 6.22. The minimum absolute atomic E-state index is 0.0327. The summed E-state index contributed by atoms with van der Waals surface area (Å²) in [6, 6.07) is 4.42. The monoisotopic (exact) mass is 265 g/mol. The zero-order valence-corrected chi connectivity index (χ0v) is 11.4. The fourth-order valence-electron chi connectivity index (χ4n) is 1.70. The number of carboxylic acids is 1. The van der Waals surface area contributed by atoms with Crippen LogP contribution >= 0.6 is 0 Å². The molecule has 1 rings (SSSR count). The summed E-state index contributed by atoms with van der Waals surface area (Å²) >= 11 is 0. The van der Waals surface area contributed by atoms with Gasteiger partial charge in [0.2, 0.25) is 0 Å². The van der Waals surface area contributed by atoms with Crippen LogP contribution in [0.3, 0.4) is 0 Å². The fourth-order valence-corrected chi connectivity index (χ4v) is 1.70. The van der Waals surface area contributed by atoms with Crippen LogP contribution in [0.5, 0.6) is 5.75 Å². The Labute approximate surface area is 112 Å². The van der Waals surface area contributed by atoms with Crippen molar-refractivity contribution in [2.45, 2.75) is 33.2 Å². The number of aromatic hydroxyl groups is 1. The number of carboxylic acid groups (broad SMARTS) is 1. The van der Waals surface area contributed by atoms with E-state index < -0.39 is 5.97 Å². The first-order chi connectivity index (χ1) is 8.86. The topological polar surface area (TPSA) is 77.8 Å². The molecule has 5 heteroatoms. The van der Waals surface area contributed by atoms with Crippen LogP contribution < -0.4 is 0 Å². The van der Waals surface area contributed by atoms with Crippen molar-refractivity contribution in [3.63, 3.8) is 0 Å². The maximum atomic E-state index is 12.3. The zero-order chi connectivity index (χ0) is 14.6. The highest BCUT2D eigenvalue weighted by molar-refractivity contribution is 5.96. The average Bonchev–Trinajstić information content (AvgIpc) is 2.37. The van der Waals surface area contributed by atoms with Crippen molar-refractivity contribution < 1.29 is 19.8 Å². The normalized spacial score (nSPS) is 11.9. The van der Waals surface area contributed by atoms with Gasteiger partial charge in [-0.1, -0.05) is 13.0 Å². The van der Waals surface area contributed by atoms with E-state index in [1.165, 1.54) is 11.0 Å². The summed E-state index contributed by atoms with van der Waals surface area (Å²) < 4.78 is 0. The maximum absolute atomic E-state index is 12.3. The summed E-state index contributed by atoms with van der Waals surface area (Å²) in [5.74, 6) is -1.40. The van der Waals surface area contributed by atoms with E-state index in [4.69, 9.17) is 5.11 Å². The molecule has 0 aliphatic rings. The van der Waals surface area contributed by atoms with Crippen LogP contribution in [0.25, 0.3) is 0 Å². The number of carbonyl (C=O) groups is 2. The van der Waals surface area contributed by atoms with Gasteiger partial charge in [-0.05, 0) is 38.0 Å². The predicted molar refractivity (Wildman–Crippen MR) is 71.3 cm³/mol. The third-order valence-electron chi connectivity index (χ3n) is 3.15. The molecule has 0 fully saturated rings. The van der Waals surface area contributed by atoms with Crippen LogP contribution in [0.15, 0.2) is 18.2 Å². The number of phenols is 1. The highest BCUT2D eigenvalue weighted by atomic mass is 16.4. The van der Waals surface area contributed by atoms with Crippen molar-refractivity contribution in [2.24, 2.45) is 0 Å². The quantitative estimate of drug-likeness (QED) is 0.853. The molecule has 5 nitrogen and oxygen atoms in total. The Morgan fingerprint density at radius 2 is 2.00 bits per heavy atom. The Balaban J connectivity index is 3.04. The number of carbonyl (C=O) groups excluding carboxylic acids is 1. The number of phenolic OH excluding ortho intramolecular Hbond substituents is 1. The molecule has 1 unspecified atom stereocenters. The molecule has 1 aromatic rings. The number of rotatable bonds is 5. The summed E-state index contributed by atoms with van der Waals surface area (Å²) in [6.45, 7) is 5.07. The third kappa shape index (κ3) is 3.71. The number of nitrogens with zero attached hydrogens (tertiary/aromatic N) is 1. The van der Waals surface area contributed by atoms with Crippen LogP contribution in [0.1, 0.15) is 36.2 Å². The number of aliphatic carboxylic acids is 1. The molecule has 0 heterocycles. The first-order valence-electron chi connectivity index (χ1n) is 6.19. The van der Waals surface area contributed by atoms with Crippen molar-refractivity contribution in [1.29, 1.82) is 0 Å². The number of aryl methyl sites for hydroxylation is 1. The maximum Gasteiger partial charge on any atom is 0.323 e. The van der Waals surface area contributed by atoms with Gasteiger partial charge >= 0.3 is 5.97 Å². The lowest BCUT2D eigenvalue weighted by Crippen LogP contribution is -2.41. The van der Waals surface area contributed by atoms with E-state index >= 15 is 0 Å². The van der Waals surface area contributed by atoms with Crippen molar-refractivity contribution in [3.8, 4) is 5.75 Å². The van der Waals surface area contributed by atoms with E-state index in [9.17, 15) is 14.7 Å². The van der Waals surface area contributed by atoms with Crippen molar-refractivity contribution in [2.75, 3.05) is 6.54 Å². The highest BCUT2D eigenvalue weighted by Crippen LogP contribution is 2.19. The highest BCUT2D eigenvalue weighted by Gasteiger charge is 2.23. The van der Waals surface area contributed by atoms with Gasteiger partial charge in [-0.3, -0.25) is 9.59 Å². The zero-order valence-electron chi connectivity index (χ0n) is 11.4. The number of benzene rings is 1. The van der Waals surface area contributed by atoms with Gasteiger partial charge in [-0.15, -0.1) is 0 Å². The van der Waals surface area contributed by atoms with Gasteiger partial charge in [-0.25, -0.2) is 0 Å². The predicted octanol–water partition coefficient (Wildman–Crippen LogP) is 2.03. The largest absolute Gasteiger partial charge is 0.508 e. The van der Waals surface area contributed by atoms with Gasteiger partial charge in [0, 0.05) is 11.6 Å². The first-order valence-corrected chi connectivity index (χ1v) is 6.19. The van der Waals surface area contributed by atoms with Crippen molar-refractivity contribution in [3.05, 3.63) is 29.3 Å². The van der Waals surface area contributed by atoms with Crippen LogP contribution in [0.4, 0.5) is 0 Å². The Bertz CT molecular complexity index is 484. The lowest BCUT2D eigenvalue weighted by molar-refractivity contribution is -0.138. The second-order valence-electron chi connectivity index (χ2n) is 4.59. The summed E-state index contributed by atoms with van der Waals surface area (Å²) in [6.07, 6.45) is 0.664. The van der Waals surface area contributed by atoms with Crippen molar-refractivity contribution >= 4 is 11.9 Å². The molecular weight excluding hydrogens is 246 g/mol. The van der Waals surface area contributed by atoms with Crippen molar-refractivity contribution in [1.82, 2.24) is 4.90 Å². The van der Waals surface area contributed by atoms with Gasteiger partial charge in [0.1, 0.15) is 12.3 Å². The van der Waals surface area contributed by atoms with E-state index in [1.54, 1.807) is 26.0 Å². The van der Waals surface area contributed by atoms with Gasteiger partial charge < -0.3 is 15.1 Å². The lowest BCUT2D eigenvalue weighted by Gasteiger charge is -2.27. The molecule has 0 aliphatic carbocycles. The number of hydrogen-bond donors (Lipinski definition) is 2. The lowest BCUT2D eigenvalue weighted by atomic mass is 10.1. The van der Waals surface area contributed by atoms with Gasteiger partial charge in [0.05, 0.1) is 0 Å². The molecule has 0 aliphatic heterocycles. The molecule has 0 saturated carbocycles. The molecule has 104 valence electrons. The summed E-state index contributed by atoms with van der Waals surface area (Å²) in [7, 11) is 0. The smallest absolute Gasteiger partial charge is 0.323 e. The van der Waals surface area contributed by atoms with Crippen LogP contribution in [0, 0.1) is 6.92 Å². The number of amides is 1. The molecule has 1 atom stereocenters. The average molecular weight is 265 g/mol. The molecule has 0 aromatic heterocycles. The minimum Gasteiger partial charge on any atom is -0.508 e. The molecule has 19 heavy (non-hydrogen) atoms. The van der Waals surface area contributed by atoms with E-state index in [-0.39, 0.29) is 24.2 Å². The summed E-state index contributed by atoms with van der Waals surface area (Å²) in [5.41, 5.74) is 0.967. The summed E-state index contributed by atoms with van der Waals surface area (Å²) in [5, 5.41) is 18.5. The Morgan fingerprint density at radius 3 is 2.47 bits per heavy atom. The summed E-state index contributed by atoms with van der Waals surface area (Å²) in [4.78, 5) is 24.4. The van der Waals surface area contributed by atoms with E-state index in [0.717, 1.165) is 0 Å². The molecule has 0 saturated heterocycles. The first kappa shape index (κ1) is 15.0. The van der Waals surface area contributed by atoms with E-state index in [0.29, 0.717) is 17.5 Å². The fraction of sp³-hybridized carbons (Fsp3) is 0.429. The van der Waals surface area contributed by atoms with Crippen LogP contribution in [-0.2, 0) is 4.79 Å². The Kier molecular flexibility index (Phi) is 4.92. The minimum atomic E-state index is -1.05.